The standard InChI is InChI=1S/C23H31N5O2.HI/c1-17-12-18(2)14-21(13-17)27-23(24)25-16-19-4-3-5-20(15-19)26-22(29)6-7-28-8-10-30-11-9-28;/h3-5,12-15H,6-11,16H2,1-2H3,(H,26,29)(H3,24,25,27);1H. The molecule has 1 heterocycles. The van der Waals surface area contributed by atoms with Crippen molar-refractivity contribution in [2.24, 2.45) is 10.7 Å². The van der Waals surface area contributed by atoms with Gasteiger partial charge in [0.15, 0.2) is 5.96 Å². The van der Waals surface area contributed by atoms with E-state index >= 15 is 0 Å². The van der Waals surface area contributed by atoms with Gasteiger partial charge in [0.25, 0.3) is 0 Å². The Morgan fingerprint density at radius 3 is 2.48 bits per heavy atom. The number of aliphatic imine (C=N–C) groups is 1. The average Bonchev–Trinajstić information content (AvgIpc) is 2.71. The third-order valence-electron chi connectivity index (χ3n) is 4.90. The van der Waals surface area contributed by atoms with Crippen LogP contribution in [0.2, 0.25) is 0 Å². The van der Waals surface area contributed by atoms with Crippen LogP contribution in [0.15, 0.2) is 47.5 Å². The number of halogens is 1. The van der Waals surface area contributed by atoms with Crippen molar-refractivity contribution in [3.05, 3.63) is 59.2 Å². The van der Waals surface area contributed by atoms with Crippen molar-refractivity contribution in [2.75, 3.05) is 43.5 Å². The van der Waals surface area contributed by atoms with Crippen LogP contribution >= 0.6 is 24.0 Å². The topological polar surface area (TPSA) is 92.0 Å². The first-order valence-electron chi connectivity index (χ1n) is 10.3. The van der Waals surface area contributed by atoms with Crippen molar-refractivity contribution in [1.82, 2.24) is 4.90 Å². The molecule has 7 nitrogen and oxygen atoms in total. The van der Waals surface area contributed by atoms with Gasteiger partial charge in [-0.15, -0.1) is 24.0 Å². The van der Waals surface area contributed by atoms with Crippen LogP contribution in [0.5, 0.6) is 0 Å². The zero-order valence-electron chi connectivity index (χ0n) is 18.2. The quantitative estimate of drug-likeness (QED) is 0.286. The van der Waals surface area contributed by atoms with E-state index in [0.29, 0.717) is 18.9 Å². The summed E-state index contributed by atoms with van der Waals surface area (Å²) in [4.78, 5) is 18.9. The van der Waals surface area contributed by atoms with Gasteiger partial charge in [0, 0.05) is 37.4 Å². The molecule has 1 fully saturated rings. The Hall–Kier alpha value is -2.17. The maximum absolute atomic E-state index is 12.3. The SMILES string of the molecule is Cc1cc(C)cc(NC(N)=NCc2cccc(NC(=O)CCN3CCOCC3)c2)c1.I. The highest BCUT2D eigenvalue weighted by molar-refractivity contribution is 14.0. The molecule has 8 heteroatoms. The molecule has 0 unspecified atom stereocenters. The summed E-state index contributed by atoms with van der Waals surface area (Å²) in [5.74, 6) is 0.373. The molecular weight excluding hydrogens is 505 g/mol. The fourth-order valence-electron chi connectivity index (χ4n) is 3.47. The molecule has 0 aromatic heterocycles. The molecule has 0 radical (unpaired) electrons. The van der Waals surface area contributed by atoms with Crippen molar-refractivity contribution in [2.45, 2.75) is 26.8 Å². The molecular formula is C23H32IN5O2. The number of carbonyl (C=O) groups excluding carboxylic acids is 1. The van der Waals surface area contributed by atoms with Gasteiger partial charge in [-0.05, 0) is 54.8 Å². The number of hydrogen-bond acceptors (Lipinski definition) is 4. The van der Waals surface area contributed by atoms with Gasteiger partial charge in [-0.25, -0.2) is 4.99 Å². The van der Waals surface area contributed by atoms with Gasteiger partial charge >= 0.3 is 0 Å². The predicted octanol–water partition coefficient (Wildman–Crippen LogP) is 3.51. The minimum atomic E-state index is 0. The van der Waals surface area contributed by atoms with Gasteiger partial charge in [0.1, 0.15) is 0 Å². The number of benzene rings is 2. The largest absolute Gasteiger partial charge is 0.379 e. The summed E-state index contributed by atoms with van der Waals surface area (Å²) in [5.41, 5.74) is 11.1. The van der Waals surface area contributed by atoms with E-state index in [-0.39, 0.29) is 29.9 Å². The Balaban J connectivity index is 0.00000341. The number of aryl methyl sites for hydroxylation is 2. The Kier molecular flexibility index (Phi) is 10.2. The Labute approximate surface area is 201 Å². The van der Waals surface area contributed by atoms with Crippen molar-refractivity contribution >= 4 is 47.2 Å². The molecule has 168 valence electrons. The molecule has 1 saturated heterocycles. The Bertz CT molecular complexity index is 877. The number of nitrogens with two attached hydrogens (primary N) is 1. The first-order chi connectivity index (χ1) is 14.5. The van der Waals surface area contributed by atoms with Crippen LogP contribution in [0.1, 0.15) is 23.1 Å². The third-order valence-corrected chi connectivity index (χ3v) is 4.90. The summed E-state index contributed by atoms with van der Waals surface area (Å²) in [6, 6.07) is 13.9. The van der Waals surface area contributed by atoms with Crippen LogP contribution in [0.3, 0.4) is 0 Å². The van der Waals surface area contributed by atoms with E-state index in [2.05, 4.69) is 26.6 Å². The minimum Gasteiger partial charge on any atom is -0.379 e. The number of nitrogens with zero attached hydrogens (tertiary/aromatic N) is 2. The number of carbonyl (C=O) groups is 1. The highest BCUT2D eigenvalue weighted by Gasteiger charge is 2.12. The van der Waals surface area contributed by atoms with Gasteiger partial charge in [-0.3, -0.25) is 9.69 Å². The molecule has 0 aliphatic carbocycles. The molecule has 1 aliphatic heterocycles. The lowest BCUT2D eigenvalue weighted by atomic mass is 10.1. The van der Waals surface area contributed by atoms with Crippen molar-refractivity contribution < 1.29 is 9.53 Å². The van der Waals surface area contributed by atoms with Gasteiger partial charge in [-0.2, -0.15) is 0 Å². The third kappa shape index (κ3) is 8.84. The number of morpholine rings is 1. The van der Waals surface area contributed by atoms with Gasteiger partial charge in [0.2, 0.25) is 5.91 Å². The first-order valence-corrected chi connectivity index (χ1v) is 10.3. The number of amides is 1. The van der Waals surface area contributed by atoms with Crippen LogP contribution in [0.25, 0.3) is 0 Å². The highest BCUT2D eigenvalue weighted by Crippen LogP contribution is 2.14. The van der Waals surface area contributed by atoms with Crippen LogP contribution in [-0.4, -0.2) is 49.6 Å². The van der Waals surface area contributed by atoms with Gasteiger partial charge < -0.3 is 21.1 Å². The molecule has 4 N–H and O–H groups in total. The molecule has 0 atom stereocenters. The van der Waals surface area contributed by atoms with E-state index < -0.39 is 0 Å². The van der Waals surface area contributed by atoms with E-state index in [9.17, 15) is 4.79 Å². The molecule has 2 aromatic rings. The monoisotopic (exact) mass is 537 g/mol. The van der Waals surface area contributed by atoms with Gasteiger partial charge in [-0.1, -0.05) is 18.2 Å². The number of rotatable bonds is 7. The molecule has 0 spiro atoms. The van der Waals surface area contributed by atoms with Crippen LogP contribution in [0, 0.1) is 13.8 Å². The van der Waals surface area contributed by atoms with E-state index in [1.807, 2.05) is 50.2 Å². The first kappa shape index (κ1) is 25.1. The fraction of sp³-hybridized carbons (Fsp3) is 0.391. The molecule has 1 amide bonds. The Morgan fingerprint density at radius 2 is 1.77 bits per heavy atom. The van der Waals surface area contributed by atoms with Gasteiger partial charge in [0.05, 0.1) is 19.8 Å². The van der Waals surface area contributed by atoms with Crippen LogP contribution in [0.4, 0.5) is 11.4 Å². The number of ether oxygens (including phenoxy) is 1. The zero-order chi connectivity index (χ0) is 21.3. The molecule has 1 aliphatic rings. The summed E-state index contributed by atoms with van der Waals surface area (Å²) in [6.45, 7) is 8.54. The lowest BCUT2D eigenvalue weighted by molar-refractivity contribution is -0.116. The van der Waals surface area contributed by atoms with Crippen molar-refractivity contribution in [3.8, 4) is 0 Å². The number of guanidine groups is 1. The predicted molar refractivity (Wildman–Crippen MR) is 137 cm³/mol. The second-order valence-electron chi connectivity index (χ2n) is 7.66. The molecule has 31 heavy (non-hydrogen) atoms. The molecule has 3 rings (SSSR count). The zero-order valence-corrected chi connectivity index (χ0v) is 20.5. The summed E-state index contributed by atoms with van der Waals surface area (Å²) >= 11 is 0. The van der Waals surface area contributed by atoms with E-state index in [1.165, 1.54) is 11.1 Å². The van der Waals surface area contributed by atoms with E-state index in [1.54, 1.807) is 0 Å². The number of nitrogens with one attached hydrogen (secondary N) is 2. The Morgan fingerprint density at radius 1 is 1.06 bits per heavy atom. The normalized spacial score (nSPS) is 14.6. The summed E-state index contributed by atoms with van der Waals surface area (Å²) in [6.07, 6.45) is 0.467. The minimum absolute atomic E-state index is 0. The highest BCUT2D eigenvalue weighted by atomic mass is 127. The lowest BCUT2D eigenvalue weighted by Crippen LogP contribution is -2.38. The second kappa shape index (κ2) is 12.6. The van der Waals surface area contributed by atoms with Crippen LogP contribution in [-0.2, 0) is 16.1 Å². The fourth-order valence-corrected chi connectivity index (χ4v) is 3.47. The van der Waals surface area contributed by atoms with E-state index in [4.69, 9.17) is 10.5 Å². The summed E-state index contributed by atoms with van der Waals surface area (Å²) in [7, 11) is 0. The van der Waals surface area contributed by atoms with Crippen LogP contribution < -0.4 is 16.4 Å². The summed E-state index contributed by atoms with van der Waals surface area (Å²) in [5, 5.41) is 6.10. The number of hydrogen-bond donors (Lipinski definition) is 3. The molecule has 2 aromatic carbocycles. The number of anilines is 2. The summed E-state index contributed by atoms with van der Waals surface area (Å²) < 4.78 is 5.33. The average molecular weight is 537 g/mol. The lowest BCUT2D eigenvalue weighted by Gasteiger charge is -2.26. The molecule has 0 bridgehead atoms. The second-order valence-corrected chi connectivity index (χ2v) is 7.66. The van der Waals surface area contributed by atoms with Crippen molar-refractivity contribution in [3.63, 3.8) is 0 Å². The maximum Gasteiger partial charge on any atom is 0.225 e. The molecule has 0 saturated carbocycles. The maximum atomic E-state index is 12.3. The van der Waals surface area contributed by atoms with E-state index in [0.717, 1.165) is 49.8 Å². The smallest absolute Gasteiger partial charge is 0.225 e. The van der Waals surface area contributed by atoms with Crippen molar-refractivity contribution in [1.29, 1.82) is 0 Å².